The minimum Gasteiger partial charge on any atom is -0.395 e. The van der Waals surface area contributed by atoms with Gasteiger partial charge in [-0.2, -0.15) is 0 Å². The molecular formula is C9H29NO. The van der Waals surface area contributed by atoms with Crippen molar-refractivity contribution in [2.24, 2.45) is 0 Å². The second-order valence-electron chi connectivity index (χ2n) is 1.62. The summed E-state index contributed by atoms with van der Waals surface area (Å²) >= 11 is 0. The summed E-state index contributed by atoms with van der Waals surface area (Å²) in [7, 11) is 1.98. The minimum absolute atomic E-state index is 0. The van der Waals surface area contributed by atoms with Crippen LogP contribution in [-0.4, -0.2) is 36.8 Å². The molecule has 1 N–H and O–H groups in total. The smallest absolute Gasteiger partial charge is 0.0558 e. The van der Waals surface area contributed by atoms with Gasteiger partial charge in [0.1, 0.15) is 0 Å². The van der Waals surface area contributed by atoms with Crippen LogP contribution in [0.1, 0.15) is 36.6 Å². The Morgan fingerprint density at radius 3 is 1.55 bits per heavy atom. The van der Waals surface area contributed by atoms with Gasteiger partial charge in [0.2, 0.25) is 0 Å². The summed E-state index contributed by atoms with van der Waals surface area (Å²) in [5.41, 5.74) is 0. The van der Waals surface area contributed by atoms with Crippen LogP contribution in [0.3, 0.4) is 0 Å². The van der Waals surface area contributed by atoms with Crippen molar-refractivity contribution in [3.05, 3.63) is 0 Å². The lowest BCUT2D eigenvalue weighted by atomic mass is 10.6. The van der Waals surface area contributed by atoms with Gasteiger partial charge in [-0.25, -0.2) is 0 Å². The number of likely N-dealkylation sites (N-methyl/N-ethyl adjacent to an activating group) is 1. The zero-order valence-electron chi connectivity index (χ0n) is 5.02. The highest BCUT2D eigenvalue weighted by Gasteiger charge is 1.87. The van der Waals surface area contributed by atoms with Gasteiger partial charge in [0.05, 0.1) is 6.61 Å². The molecule has 0 bridgehead atoms. The summed E-state index contributed by atoms with van der Waals surface area (Å²) in [5.74, 6) is 0. The summed E-state index contributed by atoms with van der Waals surface area (Å²) in [6, 6.07) is 0. The van der Waals surface area contributed by atoms with Crippen LogP contribution in [0.25, 0.3) is 0 Å². The number of aliphatic hydroxyl groups is 1. The first kappa shape index (κ1) is 30.7. The van der Waals surface area contributed by atoms with Crippen LogP contribution in [0, 0.1) is 0 Å². The third kappa shape index (κ3) is 25.7. The highest BCUT2D eigenvalue weighted by atomic mass is 16.3. The van der Waals surface area contributed by atoms with Gasteiger partial charge in [-0.3, -0.25) is 0 Å². The van der Waals surface area contributed by atoms with Gasteiger partial charge >= 0.3 is 0 Å². The van der Waals surface area contributed by atoms with Gasteiger partial charge in [-0.1, -0.05) is 36.6 Å². The molecule has 0 rings (SSSR count). The van der Waals surface area contributed by atoms with Gasteiger partial charge in [0, 0.05) is 6.54 Å². The molecular weight excluding hydrogens is 138 g/mol. The Labute approximate surface area is 74.2 Å². The largest absolute Gasteiger partial charge is 0.395 e. The maximum atomic E-state index is 8.33. The summed E-state index contributed by atoms with van der Waals surface area (Å²) < 4.78 is 0. The molecule has 0 heterocycles. The standard InChI is InChI=1S/C5H13NO.4CH4/c1-3-6(2)4-5-7;;;;/h7H,3-5H2,1-2H3;4*1H4. The molecule has 0 fully saturated rings. The average Bonchev–Trinajstić information content (AvgIpc) is 1.68. The number of hydrogen-bond donors (Lipinski definition) is 1. The van der Waals surface area contributed by atoms with E-state index in [-0.39, 0.29) is 36.3 Å². The summed E-state index contributed by atoms with van der Waals surface area (Å²) in [5, 5.41) is 8.33. The number of nitrogens with zero attached hydrogens (tertiary/aromatic N) is 1. The van der Waals surface area contributed by atoms with E-state index in [2.05, 4.69) is 11.8 Å². The zero-order chi connectivity index (χ0) is 5.70. The molecule has 2 heteroatoms. The van der Waals surface area contributed by atoms with Crippen LogP contribution in [0.4, 0.5) is 0 Å². The predicted octanol–water partition coefficient (Wildman–Crippen LogP) is 2.47. The molecule has 2 nitrogen and oxygen atoms in total. The van der Waals surface area contributed by atoms with Gasteiger partial charge < -0.3 is 10.0 Å². The summed E-state index contributed by atoms with van der Waals surface area (Å²) in [6.45, 7) is 4.14. The van der Waals surface area contributed by atoms with Gasteiger partial charge in [0.15, 0.2) is 0 Å². The molecule has 0 aromatic carbocycles. The fraction of sp³-hybridized carbons (Fsp3) is 1.00. The molecule has 0 radical (unpaired) electrons. The SMILES string of the molecule is C.C.C.C.CCN(C)CCO. The molecule has 0 atom stereocenters. The molecule has 0 aliphatic heterocycles. The Hall–Kier alpha value is -0.0800. The Balaban J connectivity index is -0.0000000300. The van der Waals surface area contributed by atoms with Crippen molar-refractivity contribution in [1.82, 2.24) is 4.90 Å². The van der Waals surface area contributed by atoms with E-state index in [1.165, 1.54) is 0 Å². The lowest BCUT2D eigenvalue weighted by Crippen LogP contribution is -2.20. The molecule has 76 valence electrons. The van der Waals surface area contributed by atoms with E-state index in [0.29, 0.717) is 0 Å². The Bertz CT molecular complexity index is 40.5. The number of aliphatic hydroxyl groups excluding tert-OH is 1. The third-order valence-electron chi connectivity index (χ3n) is 1.02. The van der Waals surface area contributed by atoms with Gasteiger partial charge in [0.25, 0.3) is 0 Å². The van der Waals surface area contributed by atoms with E-state index in [1.54, 1.807) is 0 Å². The van der Waals surface area contributed by atoms with Crippen molar-refractivity contribution in [3.63, 3.8) is 0 Å². The van der Waals surface area contributed by atoms with Crippen molar-refractivity contribution in [2.45, 2.75) is 36.6 Å². The van der Waals surface area contributed by atoms with E-state index in [4.69, 9.17) is 5.11 Å². The average molecular weight is 167 g/mol. The molecule has 0 aromatic heterocycles. The van der Waals surface area contributed by atoms with Gasteiger partial charge in [-0.05, 0) is 13.6 Å². The van der Waals surface area contributed by atoms with E-state index in [0.717, 1.165) is 13.1 Å². The molecule has 0 aliphatic carbocycles. The summed E-state index contributed by atoms with van der Waals surface area (Å²) in [4.78, 5) is 2.06. The number of rotatable bonds is 3. The molecule has 11 heavy (non-hydrogen) atoms. The van der Waals surface area contributed by atoms with E-state index in [1.807, 2.05) is 7.05 Å². The van der Waals surface area contributed by atoms with Crippen LogP contribution >= 0.6 is 0 Å². The number of hydrogen-bond acceptors (Lipinski definition) is 2. The van der Waals surface area contributed by atoms with Crippen molar-refractivity contribution < 1.29 is 5.11 Å². The molecule has 0 spiro atoms. The fourth-order valence-corrected chi connectivity index (χ4v) is 0.329. The molecule has 0 saturated carbocycles. The lowest BCUT2D eigenvalue weighted by Gasteiger charge is -2.09. The van der Waals surface area contributed by atoms with E-state index >= 15 is 0 Å². The first-order valence-corrected chi connectivity index (χ1v) is 2.60. The van der Waals surface area contributed by atoms with Gasteiger partial charge in [-0.15, -0.1) is 0 Å². The van der Waals surface area contributed by atoms with Crippen molar-refractivity contribution in [1.29, 1.82) is 0 Å². The maximum absolute atomic E-state index is 8.33. The normalized spacial score (nSPS) is 6.55. The molecule has 0 saturated heterocycles. The molecule has 0 unspecified atom stereocenters. The lowest BCUT2D eigenvalue weighted by molar-refractivity contribution is 0.227. The highest BCUT2D eigenvalue weighted by molar-refractivity contribution is 4.41. The second-order valence-corrected chi connectivity index (χ2v) is 1.62. The highest BCUT2D eigenvalue weighted by Crippen LogP contribution is 1.75. The fourth-order valence-electron chi connectivity index (χ4n) is 0.329. The summed E-state index contributed by atoms with van der Waals surface area (Å²) in [6.07, 6.45) is 0. The quantitative estimate of drug-likeness (QED) is 0.698. The van der Waals surface area contributed by atoms with Crippen molar-refractivity contribution >= 4 is 0 Å². The van der Waals surface area contributed by atoms with Crippen molar-refractivity contribution in [3.8, 4) is 0 Å². The van der Waals surface area contributed by atoms with Crippen molar-refractivity contribution in [2.75, 3.05) is 26.7 Å². The Morgan fingerprint density at radius 2 is 1.45 bits per heavy atom. The first-order chi connectivity index (χ1) is 3.31. The van der Waals surface area contributed by atoms with Crippen LogP contribution < -0.4 is 0 Å². The third-order valence-corrected chi connectivity index (χ3v) is 1.02. The zero-order valence-corrected chi connectivity index (χ0v) is 5.02. The second kappa shape index (κ2) is 22.5. The molecule has 0 aliphatic rings. The Morgan fingerprint density at radius 1 is 1.09 bits per heavy atom. The van der Waals surface area contributed by atoms with Crippen LogP contribution in [0.2, 0.25) is 0 Å². The maximum Gasteiger partial charge on any atom is 0.0558 e. The first-order valence-electron chi connectivity index (χ1n) is 2.60. The minimum atomic E-state index is 0. The van der Waals surface area contributed by atoms with E-state index in [9.17, 15) is 0 Å². The molecule has 0 amide bonds. The van der Waals surface area contributed by atoms with Crippen LogP contribution in [-0.2, 0) is 0 Å². The molecule has 0 aromatic rings. The topological polar surface area (TPSA) is 23.5 Å². The predicted molar refractivity (Wildman–Crippen MR) is 57.2 cm³/mol. The van der Waals surface area contributed by atoms with Crippen LogP contribution in [0.5, 0.6) is 0 Å². The van der Waals surface area contributed by atoms with Crippen LogP contribution in [0.15, 0.2) is 0 Å². The Kier molecular flexibility index (Phi) is 62.8. The van der Waals surface area contributed by atoms with E-state index < -0.39 is 0 Å². The monoisotopic (exact) mass is 167 g/mol.